The molecule has 0 aliphatic heterocycles. The number of ether oxygens (including phenoxy) is 2. The summed E-state index contributed by atoms with van der Waals surface area (Å²) in [6.45, 7) is 0. The smallest absolute Gasteiger partial charge is 0.320 e. The van der Waals surface area contributed by atoms with Crippen molar-refractivity contribution in [3.8, 4) is 11.5 Å². The Balaban J connectivity index is 0.00000180. The van der Waals surface area contributed by atoms with Gasteiger partial charge >= 0.3 is 5.82 Å². The molecule has 0 radical (unpaired) electrons. The summed E-state index contributed by atoms with van der Waals surface area (Å²) in [7, 11) is 3.24. The van der Waals surface area contributed by atoms with E-state index in [0.29, 0.717) is 5.75 Å². The number of nitrogens with zero attached hydrogens (tertiary/aromatic N) is 1. The number of hydrogen-bond donors (Lipinski definition) is 0. The van der Waals surface area contributed by atoms with Crippen molar-refractivity contribution >= 4 is 12.2 Å². The number of aromatic amines is 1. The molecule has 0 unspecified atom stereocenters. The zero-order chi connectivity index (χ0) is 12.8. The Bertz CT molecular complexity index is 544. The Labute approximate surface area is 118 Å². The van der Waals surface area contributed by atoms with Crippen molar-refractivity contribution in [2.45, 2.75) is 0 Å². The van der Waals surface area contributed by atoms with E-state index in [1.54, 1.807) is 20.4 Å². The maximum atomic E-state index is 5.25. The fraction of sp³-hybridized carbons (Fsp3) is 0.143. The second-order valence-corrected chi connectivity index (χ2v) is 3.61. The highest BCUT2D eigenvalue weighted by molar-refractivity contribution is 5.67. The Morgan fingerprint density at radius 3 is 2.53 bits per heavy atom. The van der Waals surface area contributed by atoms with E-state index in [1.165, 1.54) is 0 Å². The zero-order valence-corrected chi connectivity index (χ0v) is 11.5. The number of hydrogen-bond acceptors (Lipinski definition) is 3. The molecule has 0 saturated heterocycles. The second-order valence-electron chi connectivity index (χ2n) is 3.61. The van der Waals surface area contributed by atoms with Gasteiger partial charge in [-0.3, -0.25) is 0 Å². The monoisotopic (exact) mass is 278 g/mol. The molecule has 0 aliphatic carbocycles. The average molecular weight is 279 g/mol. The maximum Gasteiger partial charge on any atom is 0.320 e. The summed E-state index contributed by atoms with van der Waals surface area (Å²) in [6.07, 6.45) is 7.44. The molecule has 0 bridgehead atoms. The number of aromatic nitrogens is 2. The van der Waals surface area contributed by atoms with E-state index in [1.807, 2.05) is 42.6 Å². The first-order valence-electron chi connectivity index (χ1n) is 5.56. The lowest BCUT2D eigenvalue weighted by Crippen LogP contribution is -3.00. The van der Waals surface area contributed by atoms with Gasteiger partial charge in [0.1, 0.15) is 6.20 Å². The fourth-order valence-electron chi connectivity index (χ4n) is 1.56. The van der Waals surface area contributed by atoms with E-state index in [0.717, 1.165) is 17.1 Å². The highest BCUT2D eigenvalue weighted by atomic mass is 35.5. The van der Waals surface area contributed by atoms with Gasteiger partial charge in [0.25, 0.3) is 0 Å². The Hall–Kier alpha value is -2.07. The van der Waals surface area contributed by atoms with Crippen molar-refractivity contribution in [3.63, 3.8) is 0 Å². The normalized spacial score (nSPS) is 10.0. The first-order valence-corrected chi connectivity index (χ1v) is 5.56. The molecular formula is C14H15ClN2O2. The van der Waals surface area contributed by atoms with Crippen LogP contribution in [0.25, 0.3) is 12.2 Å². The van der Waals surface area contributed by atoms with E-state index in [-0.39, 0.29) is 12.4 Å². The van der Waals surface area contributed by atoms with E-state index in [9.17, 15) is 0 Å². The predicted molar refractivity (Wildman–Crippen MR) is 69.3 cm³/mol. The van der Waals surface area contributed by atoms with Crippen LogP contribution in [0.3, 0.4) is 0 Å². The number of nitrogens with one attached hydrogen (secondary N) is 1. The standard InChI is InChI=1S/C14H14N2O2.ClH/c1-17-12-6-4-11(10-13(12)18-2)5-7-14-15-8-3-9-16-14;/h3-10H,1-2H3;1H/b7-5+;. The van der Waals surface area contributed by atoms with E-state index in [4.69, 9.17) is 9.47 Å². The first-order chi connectivity index (χ1) is 8.83. The van der Waals surface area contributed by atoms with Crippen molar-refractivity contribution in [1.82, 2.24) is 4.98 Å². The van der Waals surface area contributed by atoms with Gasteiger partial charge in [0.2, 0.25) is 0 Å². The van der Waals surface area contributed by atoms with Crippen LogP contribution in [-0.2, 0) is 0 Å². The number of rotatable bonds is 4. The highest BCUT2D eigenvalue weighted by Crippen LogP contribution is 2.28. The quantitative estimate of drug-likeness (QED) is 0.727. The van der Waals surface area contributed by atoms with Gasteiger partial charge in [0.15, 0.2) is 11.5 Å². The predicted octanol–water partition coefficient (Wildman–Crippen LogP) is -0.913. The van der Waals surface area contributed by atoms with Crippen LogP contribution in [-0.4, -0.2) is 19.2 Å². The van der Waals surface area contributed by atoms with Gasteiger partial charge in [-0.25, -0.2) is 4.98 Å². The average Bonchev–Trinajstić information content (AvgIpc) is 2.45. The number of H-pyrrole nitrogens is 1. The van der Waals surface area contributed by atoms with E-state index in [2.05, 4.69) is 9.97 Å². The zero-order valence-electron chi connectivity index (χ0n) is 10.8. The largest absolute Gasteiger partial charge is 1.00 e. The molecule has 1 aromatic heterocycles. The molecule has 5 heteroatoms. The summed E-state index contributed by atoms with van der Waals surface area (Å²) in [5, 5.41) is 0. The molecule has 19 heavy (non-hydrogen) atoms. The highest BCUT2D eigenvalue weighted by Gasteiger charge is 2.03. The van der Waals surface area contributed by atoms with Crippen LogP contribution in [0.4, 0.5) is 0 Å². The number of benzene rings is 1. The van der Waals surface area contributed by atoms with Crippen molar-refractivity contribution in [2.75, 3.05) is 14.2 Å². The summed E-state index contributed by atoms with van der Waals surface area (Å²) >= 11 is 0. The van der Waals surface area contributed by atoms with Crippen molar-refractivity contribution in [3.05, 3.63) is 48.0 Å². The summed E-state index contributed by atoms with van der Waals surface area (Å²) in [5.74, 6) is 2.23. The molecule has 1 N–H and O–H groups in total. The topological polar surface area (TPSA) is 45.5 Å². The molecule has 0 fully saturated rings. The molecule has 1 aromatic carbocycles. The minimum atomic E-state index is 0. The van der Waals surface area contributed by atoms with E-state index < -0.39 is 0 Å². The lowest BCUT2D eigenvalue weighted by molar-refractivity contribution is -0.385. The summed E-state index contributed by atoms with van der Waals surface area (Å²) < 4.78 is 10.4. The van der Waals surface area contributed by atoms with Crippen LogP contribution in [0.5, 0.6) is 11.5 Å². The van der Waals surface area contributed by atoms with Crippen molar-refractivity contribution < 1.29 is 26.9 Å². The van der Waals surface area contributed by atoms with Gasteiger partial charge in [0, 0.05) is 12.1 Å². The van der Waals surface area contributed by atoms with Crippen molar-refractivity contribution in [1.29, 1.82) is 0 Å². The molecule has 2 aromatic rings. The third kappa shape index (κ3) is 3.96. The van der Waals surface area contributed by atoms with Gasteiger partial charge in [-0.15, -0.1) is 0 Å². The lowest BCUT2D eigenvalue weighted by Gasteiger charge is -2.07. The molecule has 0 atom stereocenters. The van der Waals surface area contributed by atoms with Gasteiger partial charge in [-0.2, -0.15) is 0 Å². The SMILES string of the molecule is COc1ccc(/C=C/c2nccc[nH+]2)cc1OC.[Cl-]. The van der Waals surface area contributed by atoms with Crippen LogP contribution in [0.15, 0.2) is 36.7 Å². The second kappa shape index (κ2) is 7.38. The molecule has 100 valence electrons. The van der Waals surface area contributed by atoms with Gasteiger partial charge in [-0.1, -0.05) is 6.07 Å². The van der Waals surface area contributed by atoms with Gasteiger partial charge in [0.05, 0.1) is 20.4 Å². The molecule has 2 rings (SSSR count). The van der Waals surface area contributed by atoms with Crippen LogP contribution in [0.1, 0.15) is 11.4 Å². The summed E-state index contributed by atoms with van der Waals surface area (Å²) in [4.78, 5) is 7.21. The van der Waals surface area contributed by atoms with Crippen LogP contribution in [0, 0.1) is 0 Å². The third-order valence-electron chi connectivity index (χ3n) is 2.47. The van der Waals surface area contributed by atoms with Gasteiger partial charge in [-0.05, 0) is 28.8 Å². The molecule has 4 nitrogen and oxygen atoms in total. The van der Waals surface area contributed by atoms with Crippen LogP contribution in [0.2, 0.25) is 0 Å². The Kier molecular flexibility index (Phi) is 5.82. The molecule has 0 aliphatic rings. The summed E-state index contributed by atoms with van der Waals surface area (Å²) in [5.41, 5.74) is 1.02. The minimum absolute atomic E-state index is 0. The molecule has 0 amide bonds. The Morgan fingerprint density at radius 1 is 1.11 bits per heavy atom. The van der Waals surface area contributed by atoms with E-state index >= 15 is 0 Å². The van der Waals surface area contributed by atoms with Crippen LogP contribution < -0.4 is 26.9 Å². The first kappa shape index (κ1) is 15.0. The molecular weight excluding hydrogens is 264 g/mol. The fourth-order valence-corrected chi connectivity index (χ4v) is 1.56. The van der Waals surface area contributed by atoms with Gasteiger partial charge < -0.3 is 21.9 Å². The third-order valence-corrected chi connectivity index (χ3v) is 2.47. The van der Waals surface area contributed by atoms with Crippen molar-refractivity contribution in [2.24, 2.45) is 0 Å². The lowest BCUT2D eigenvalue weighted by atomic mass is 10.2. The maximum absolute atomic E-state index is 5.25. The molecule has 0 spiro atoms. The minimum Gasteiger partial charge on any atom is -1.00 e. The Morgan fingerprint density at radius 2 is 1.89 bits per heavy atom. The molecule has 1 heterocycles. The molecule has 0 saturated carbocycles. The summed E-state index contributed by atoms with van der Waals surface area (Å²) in [6, 6.07) is 7.59. The van der Waals surface area contributed by atoms with Crippen LogP contribution >= 0.6 is 0 Å². The number of halogens is 1. The number of methoxy groups -OCH3 is 2.